The fraction of sp³-hybridized carbons (Fsp3) is 0.263. The van der Waals surface area contributed by atoms with Gasteiger partial charge in [0.25, 0.3) is 5.91 Å². The molecule has 0 aliphatic carbocycles. The Labute approximate surface area is 141 Å². The second-order valence-corrected chi connectivity index (χ2v) is 5.60. The Kier molecular flexibility index (Phi) is 5.95. The van der Waals surface area contributed by atoms with Crippen LogP contribution in [-0.2, 0) is 9.59 Å². The van der Waals surface area contributed by atoms with Gasteiger partial charge in [0, 0.05) is 0 Å². The van der Waals surface area contributed by atoms with Gasteiger partial charge in [-0.25, -0.2) is 0 Å². The molecule has 3 unspecified atom stereocenters. The van der Waals surface area contributed by atoms with Crippen LogP contribution >= 0.6 is 0 Å². The number of rotatable bonds is 7. The fourth-order valence-electron chi connectivity index (χ4n) is 2.33. The van der Waals surface area contributed by atoms with Crippen molar-refractivity contribution in [1.82, 2.24) is 5.32 Å². The molecule has 0 aromatic heterocycles. The van der Waals surface area contributed by atoms with E-state index < -0.39 is 24.0 Å². The van der Waals surface area contributed by atoms with E-state index in [4.69, 9.17) is 4.74 Å². The molecule has 0 fully saturated rings. The number of ether oxygens (including phenoxy) is 1. The second-order valence-electron chi connectivity index (χ2n) is 5.60. The lowest BCUT2D eigenvalue weighted by molar-refractivity contribution is -0.142. The summed E-state index contributed by atoms with van der Waals surface area (Å²) in [7, 11) is 0. The van der Waals surface area contributed by atoms with Crippen LogP contribution in [0.5, 0.6) is 5.75 Å². The van der Waals surface area contributed by atoms with Gasteiger partial charge in [-0.05, 0) is 31.5 Å². The number of amides is 1. The van der Waals surface area contributed by atoms with Crippen LogP contribution in [-0.4, -0.2) is 23.1 Å². The molecule has 0 radical (unpaired) electrons. The number of para-hydroxylation sites is 1. The lowest BCUT2D eigenvalue weighted by atomic mass is 9.94. The number of carboxylic acids is 1. The smallest absolute Gasteiger partial charge is 0.308 e. The zero-order chi connectivity index (χ0) is 17.5. The number of benzene rings is 2. The first-order valence-electron chi connectivity index (χ1n) is 7.79. The Morgan fingerprint density at radius 1 is 0.958 bits per heavy atom. The molecule has 5 heteroatoms. The van der Waals surface area contributed by atoms with E-state index in [1.165, 1.54) is 0 Å². The van der Waals surface area contributed by atoms with Crippen LogP contribution < -0.4 is 10.1 Å². The van der Waals surface area contributed by atoms with Crippen molar-refractivity contribution < 1.29 is 19.4 Å². The van der Waals surface area contributed by atoms with Gasteiger partial charge in [-0.15, -0.1) is 0 Å². The summed E-state index contributed by atoms with van der Waals surface area (Å²) in [4.78, 5) is 23.8. The predicted molar refractivity (Wildman–Crippen MR) is 90.7 cm³/mol. The minimum Gasteiger partial charge on any atom is -0.481 e. The van der Waals surface area contributed by atoms with Crippen molar-refractivity contribution in [1.29, 1.82) is 0 Å². The highest BCUT2D eigenvalue weighted by Gasteiger charge is 2.28. The van der Waals surface area contributed by atoms with Crippen LogP contribution in [0.25, 0.3) is 0 Å². The highest BCUT2D eigenvalue weighted by atomic mass is 16.5. The number of nitrogens with one attached hydrogen (secondary N) is 1. The lowest BCUT2D eigenvalue weighted by Crippen LogP contribution is -2.42. The molecule has 2 aromatic rings. The van der Waals surface area contributed by atoms with Crippen LogP contribution in [0, 0.1) is 5.92 Å². The van der Waals surface area contributed by atoms with Crippen LogP contribution in [0.15, 0.2) is 60.7 Å². The highest BCUT2D eigenvalue weighted by molar-refractivity contribution is 5.82. The first kappa shape index (κ1) is 17.5. The summed E-state index contributed by atoms with van der Waals surface area (Å²) >= 11 is 0. The number of carboxylic acid groups (broad SMARTS) is 1. The normalized spacial score (nSPS) is 14.2. The molecule has 0 saturated carbocycles. The van der Waals surface area contributed by atoms with E-state index in [9.17, 15) is 14.7 Å². The van der Waals surface area contributed by atoms with Gasteiger partial charge in [-0.3, -0.25) is 9.59 Å². The molecule has 2 rings (SSSR count). The van der Waals surface area contributed by atoms with E-state index in [2.05, 4.69) is 5.32 Å². The SMILES string of the molecule is CC(Oc1ccccc1)C(=O)NC(c1ccccc1)C(C)C(=O)O. The van der Waals surface area contributed by atoms with Crippen LogP contribution in [0.2, 0.25) is 0 Å². The highest BCUT2D eigenvalue weighted by Crippen LogP contribution is 2.22. The number of aliphatic carboxylic acids is 1. The average molecular weight is 327 g/mol. The van der Waals surface area contributed by atoms with Gasteiger partial charge in [0.1, 0.15) is 5.75 Å². The summed E-state index contributed by atoms with van der Waals surface area (Å²) in [5, 5.41) is 12.1. The monoisotopic (exact) mass is 327 g/mol. The Morgan fingerprint density at radius 3 is 2.04 bits per heavy atom. The summed E-state index contributed by atoms with van der Waals surface area (Å²) < 4.78 is 5.59. The van der Waals surface area contributed by atoms with E-state index in [0.717, 1.165) is 5.56 Å². The standard InChI is InChI=1S/C19H21NO4/c1-13(19(22)23)17(15-9-5-3-6-10-15)20-18(21)14(2)24-16-11-7-4-8-12-16/h3-14,17H,1-2H3,(H,20,21)(H,22,23). The number of hydrogen-bond donors (Lipinski definition) is 2. The minimum absolute atomic E-state index is 0.360. The maximum atomic E-state index is 12.4. The second kappa shape index (κ2) is 8.15. The maximum Gasteiger partial charge on any atom is 0.308 e. The topological polar surface area (TPSA) is 75.6 Å². The molecule has 3 atom stereocenters. The third kappa shape index (κ3) is 4.59. The zero-order valence-corrected chi connectivity index (χ0v) is 13.7. The third-order valence-corrected chi connectivity index (χ3v) is 3.77. The summed E-state index contributed by atoms with van der Waals surface area (Å²) in [6, 6.07) is 17.5. The number of carbonyl (C=O) groups is 2. The van der Waals surface area contributed by atoms with Gasteiger partial charge >= 0.3 is 5.97 Å². The molecule has 0 saturated heterocycles. The van der Waals surface area contributed by atoms with Gasteiger partial charge in [0.05, 0.1) is 12.0 Å². The zero-order valence-electron chi connectivity index (χ0n) is 13.7. The lowest BCUT2D eigenvalue weighted by Gasteiger charge is -2.25. The first-order valence-corrected chi connectivity index (χ1v) is 7.79. The molecule has 2 N–H and O–H groups in total. The van der Waals surface area contributed by atoms with Crippen LogP contribution in [0.3, 0.4) is 0 Å². The van der Waals surface area contributed by atoms with Crippen molar-refractivity contribution in [3.8, 4) is 5.75 Å². The maximum absolute atomic E-state index is 12.4. The van der Waals surface area contributed by atoms with E-state index in [0.29, 0.717) is 5.75 Å². The molecule has 0 aliphatic heterocycles. The largest absolute Gasteiger partial charge is 0.481 e. The van der Waals surface area contributed by atoms with Gasteiger partial charge in [-0.1, -0.05) is 48.5 Å². The number of hydrogen-bond acceptors (Lipinski definition) is 3. The molecule has 5 nitrogen and oxygen atoms in total. The molecular formula is C19H21NO4. The summed E-state index contributed by atoms with van der Waals surface area (Å²) in [6.07, 6.45) is -0.736. The molecule has 0 spiro atoms. The van der Waals surface area contributed by atoms with Crippen LogP contribution in [0.1, 0.15) is 25.5 Å². The first-order chi connectivity index (χ1) is 11.5. The van der Waals surface area contributed by atoms with Crippen LogP contribution in [0.4, 0.5) is 0 Å². The Morgan fingerprint density at radius 2 is 1.50 bits per heavy atom. The Balaban J connectivity index is 2.11. The fourth-order valence-corrected chi connectivity index (χ4v) is 2.33. The summed E-state index contributed by atoms with van der Waals surface area (Å²) in [5.41, 5.74) is 0.743. The van der Waals surface area contributed by atoms with Gasteiger partial charge in [0.2, 0.25) is 0 Å². The van der Waals surface area contributed by atoms with E-state index >= 15 is 0 Å². The minimum atomic E-state index is -0.971. The molecule has 24 heavy (non-hydrogen) atoms. The quantitative estimate of drug-likeness (QED) is 0.819. The van der Waals surface area contributed by atoms with Gasteiger partial charge < -0.3 is 15.2 Å². The Bertz CT molecular complexity index is 672. The van der Waals surface area contributed by atoms with Gasteiger partial charge in [0.15, 0.2) is 6.10 Å². The molecule has 0 heterocycles. The predicted octanol–water partition coefficient (Wildman–Crippen LogP) is 3.03. The van der Waals surface area contributed by atoms with Crippen molar-refractivity contribution in [3.63, 3.8) is 0 Å². The van der Waals surface area contributed by atoms with Crippen molar-refractivity contribution in [2.45, 2.75) is 26.0 Å². The van der Waals surface area contributed by atoms with Crippen molar-refractivity contribution >= 4 is 11.9 Å². The van der Waals surface area contributed by atoms with E-state index in [1.54, 1.807) is 38.1 Å². The van der Waals surface area contributed by atoms with Crippen molar-refractivity contribution in [3.05, 3.63) is 66.2 Å². The summed E-state index contributed by atoms with van der Waals surface area (Å²) in [5.74, 6) is -1.51. The average Bonchev–Trinajstić information content (AvgIpc) is 2.60. The number of carbonyl (C=O) groups excluding carboxylic acids is 1. The van der Waals surface area contributed by atoms with Gasteiger partial charge in [-0.2, -0.15) is 0 Å². The molecule has 1 amide bonds. The van der Waals surface area contributed by atoms with Crippen molar-refractivity contribution in [2.75, 3.05) is 0 Å². The Hall–Kier alpha value is -2.82. The summed E-state index contributed by atoms with van der Waals surface area (Å²) in [6.45, 7) is 3.21. The molecule has 126 valence electrons. The third-order valence-electron chi connectivity index (χ3n) is 3.77. The van der Waals surface area contributed by atoms with E-state index in [1.807, 2.05) is 36.4 Å². The van der Waals surface area contributed by atoms with E-state index in [-0.39, 0.29) is 5.91 Å². The van der Waals surface area contributed by atoms with Crippen molar-refractivity contribution in [2.24, 2.45) is 5.92 Å². The molecule has 2 aromatic carbocycles. The molecule has 0 bridgehead atoms. The molecule has 0 aliphatic rings. The molecular weight excluding hydrogens is 306 g/mol.